The fourth-order valence-electron chi connectivity index (χ4n) is 7.23. The number of nitrogens with zero attached hydrogens (tertiary/aromatic N) is 1. The first-order valence-corrected chi connectivity index (χ1v) is 17.3. The molecule has 236 valence electrons. The number of allylic oxidation sites excluding steroid dienone is 13. The number of hydrogen-bond donors (Lipinski definition) is 0. The summed E-state index contributed by atoms with van der Waals surface area (Å²) in [7, 11) is 0. The zero-order valence-corrected chi connectivity index (χ0v) is 28.3. The van der Waals surface area contributed by atoms with Crippen molar-refractivity contribution in [2.45, 2.75) is 52.9 Å². The fourth-order valence-corrected chi connectivity index (χ4v) is 7.23. The van der Waals surface area contributed by atoms with Crippen molar-refractivity contribution in [2.24, 2.45) is 4.99 Å². The Hall–Kier alpha value is -5.27. The predicted octanol–water partition coefficient (Wildman–Crippen LogP) is 12.5. The third-order valence-electron chi connectivity index (χ3n) is 9.74. The summed E-state index contributed by atoms with van der Waals surface area (Å²) in [6.45, 7) is 6.42. The number of rotatable bonds is 8. The standard InChI is InChI=1S/C47H43N/c1-4-34(35-15-8-5-9-16-35)30-44(37-17-10-6-11-18-37)38-25-23-36(24-26-38)40-27-28-41-29-42-21-14-22-43(46(42)45(41)31-40)32-48-47(33(2)3)39-19-12-7-13-20-39/h4-10,12-17,19-23,25,27-28,30-32H,11,18,24,26,29H2,1-3H3/b34-4+,44-30+,48-32?. The van der Waals surface area contributed by atoms with Crippen LogP contribution in [0, 0.1) is 0 Å². The summed E-state index contributed by atoms with van der Waals surface area (Å²) in [5, 5.41) is 0. The van der Waals surface area contributed by atoms with Gasteiger partial charge in [0.2, 0.25) is 0 Å². The van der Waals surface area contributed by atoms with Crippen LogP contribution in [0.2, 0.25) is 0 Å². The monoisotopic (exact) mass is 621 g/mol. The van der Waals surface area contributed by atoms with Crippen molar-refractivity contribution in [2.75, 3.05) is 0 Å². The van der Waals surface area contributed by atoms with Crippen LogP contribution in [0.1, 0.15) is 79.8 Å². The van der Waals surface area contributed by atoms with Crippen molar-refractivity contribution < 1.29 is 0 Å². The highest BCUT2D eigenvalue weighted by Crippen LogP contribution is 2.42. The molecule has 0 unspecified atom stereocenters. The van der Waals surface area contributed by atoms with Crippen LogP contribution >= 0.6 is 0 Å². The van der Waals surface area contributed by atoms with Gasteiger partial charge in [0.1, 0.15) is 0 Å². The van der Waals surface area contributed by atoms with Gasteiger partial charge in [0.05, 0.1) is 5.70 Å². The Kier molecular flexibility index (Phi) is 9.29. The van der Waals surface area contributed by atoms with E-state index in [1.165, 1.54) is 72.4 Å². The van der Waals surface area contributed by atoms with Crippen molar-refractivity contribution in [3.8, 4) is 11.1 Å². The Bertz CT molecular complexity index is 2080. The largest absolute Gasteiger partial charge is 0.256 e. The Morgan fingerprint density at radius 1 is 0.708 bits per heavy atom. The zero-order chi connectivity index (χ0) is 32.9. The number of fused-ring (bicyclic) bond motifs is 3. The molecule has 0 aromatic heterocycles. The van der Waals surface area contributed by atoms with Gasteiger partial charge in [-0.05, 0) is 126 Å². The summed E-state index contributed by atoms with van der Waals surface area (Å²) >= 11 is 0. The van der Waals surface area contributed by atoms with E-state index >= 15 is 0 Å². The second-order valence-corrected chi connectivity index (χ2v) is 13.1. The van der Waals surface area contributed by atoms with E-state index < -0.39 is 0 Å². The van der Waals surface area contributed by atoms with Crippen molar-refractivity contribution in [1.29, 1.82) is 0 Å². The fraction of sp³-hybridized carbons (Fsp3) is 0.170. The van der Waals surface area contributed by atoms with E-state index in [1.807, 2.05) is 0 Å². The molecule has 0 saturated carbocycles. The molecule has 1 heteroatoms. The maximum atomic E-state index is 5.05. The highest BCUT2D eigenvalue weighted by atomic mass is 14.7. The second kappa shape index (κ2) is 14.2. The Morgan fingerprint density at radius 3 is 2.17 bits per heavy atom. The normalized spacial score (nSPS) is 15.9. The molecule has 0 atom stereocenters. The Balaban J connectivity index is 1.21. The maximum Gasteiger partial charge on any atom is 0.0688 e. The average Bonchev–Trinajstić information content (AvgIpc) is 3.52. The molecule has 3 aliphatic carbocycles. The smallest absolute Gasteiger partial charge is 0.0688 e. The summed E-state index contributed by atoms with van der Waals surface area (Å²) in [4.78, 5) is 5.05. The molecular weight excluding hydrogens is 579 g/mol. The molecule has 0 bridgehead atoms. The van der Waals surface area contributed by atoms with Crippen LogP contribution in [0.4, 0.5) is 0 Å². The van der Waals surface area contributed by atoms with Crippen LogP contribution in [0.25, 0.3) is 28.0 Å². The van der Waals surface area contributed by atoms with Gasteiger partial charge in [-0.2, -0.15) is 0 Å². The molecule has 0 amide bonds. The first kappa shape index (κ1) is 31.3. The summed E-state index contributed by atoms with van der Waals surface area (Å²) in [6.07, 6.45) is 23.5. The summed E-state index contributed by atoms with van der Waals surface area (Å²) in [6, 6.07) is 35.0. The number of hydrogen-bond acceptors (Lipinski definition) is 1. The quantitative estimate of drug-likeness (QED) is 0.121. The van der Waals surface area contributed by atoms with Gasteiger partial charge in [0, 0.05) is 17.3 Å². The first-order valence-electron chi connectivity index (χ1n) is 17.3. The van der Waals surface area contributed by atoms with Gasteiger partial charge < -0.3 is 0 Å². The van der Waals surface area contributed by atoms with Crippen molar-refractivity contribution in [3.63, 3.8) is 0 Å². The van der Waals surface area contributed by atoms with Crippen LogP contribution in [-0.2, 0) is 6.42 Å². The SMILES string of the molecule is C/C=C(\C=C(/C1=CC=CCC1)C1=CC=C(c2ccc3c(c2)-c2c(C=NC(=C(C)C)c4ccccc4)cccc2C3)CC1)c1ccccc1. The van der Waals surface area contributed by atoms with Gasteiger partial charge in [0.15, 0.2) is 0 Å². The minimum absolute atomic E-state index is 0.969. The van der Waals surface area contributed by atoms with E-state index in [9.17, 15) is 0 Å². The first-order chi connectivity index (χ1) is 23.6. The van der Waals surface area contributed by atoms with Crippen molar-refractivity contribution in [3.05, 3.63) is 195 Å². The molecule has 4 aromatic rings. The van der Waals surface area contributed by atoms with Gasteiger partial charge in [-0.3, -0.25) is 4.99 Å². The third kappa shape index (κ3) is 6.60. The molecule has 0 saturated heterocycles. The van der Waals surface area contributed by atoms with Crippen LogP contribution in [0.3, 0.4) is 0 Å². The average molecular weight is 622 g/mol. The topological polar surface area (TPSA) is 12.4 Å². The van der Waals surface area contributed by atoms with Crippen molar-refractivity contribution in [1.82, 2.24) is 0 Å². The summed E-state index contributed by atoms with van der Waals surface area (Å²) in [5.41, 5.74) is 19.5. The molecule has 0 N–H and O–H groups in total. The minimum atomic E-state index is 0.969. The lowest BCUT2D eigenvalue weighted by Gasteiger charge is -2.22. The summed E-state index contributed by atoms with van der Waals surface area (Å²) in [5.74, 6) is 0. The van der Waals surface area contributed by atoms with E-state index in [-0.39, 0.29) is 0 Å². The van der Waals surface area contributed by atoms with Crippen LogP contribution in [0.15, 0.2) is 167 Å². The van der Waals surface area contributed by atoms with Gasteiger partial charge in [-0.1, -0.05) is 133 Å². The Labute approximate surface area is 286 Å². The molecule has 4 aromatic carbocycles. The van der Waals surface area contributed by atoms with Crippen LogP contribution in [-0.4, -0.2) is 6.21 Å². The molecule has 0 fully saturated rings. The molecule has 0 radical (unpaired) electrons. The molecule has 0 heterocycles. The van der Waals surface area contributed by atoms with Gasteiger partial charge in [-0.25, -0.2) is 0 Å². The Morgan fingerprint density at radius 2 is 1.48 bits per heavy atom. The second-order valence-electron chi connectivity index (χ2n) is 13.1. The van der Waals surface area contributed by atoms with E-state index in [2.05, 4.69) is 167 Å². The lowest BCUT2D eigenvalue weighted by Crippen LogP contribution is -2.02. The van der Waals surface area contributed by atoms with Crippen molar-refractivity contribution >= 4 is 23.1 Å². The minimum Gasteiger partial charge on any atom is -0.256 e. The van der Waals surface area contributed by atoms with Gasteiger partial charge >= 0.3 is 0 Å². The van der Waals surface area contributed by atoms with Gasteiger partial charge in [0.25, 0.3) is 0 Å². The number of benzene rings is 4. The lowest BCUT2D eigenvalue weighted by atomic mass is 9.83. The van der Waals surface area contributed by atoms with E-state index in [0.717, 1.165) is 43.4 Å². The summed E-state index contributed by atoms with van der Waals surface area (Å²) < 4.78 is 0. The zero-order valence-electron chi connectivity index (χ0n) is 28.3. The molecule has 3 aliphatic rings. The van der Waals surface area contributed by atoms with E-state index in [4.69, 9.17) is 4.99 Å². The van der Waals surface area contributed by atoms with Gasteiger partial charge in [-0.15, -0.1) is 0 Å². The number of aliphatic imine (C=N–C) groups is 1. The predicted molar refractivity (Wildman–Crippen MR) is 207 cm³/mol. The van der Waals surface area contributed by atoms with Crippen LogP contribution < -0.4 is 0 Å². The molecule has 48 heavy (non-hydrogen) atoms. The van der Waals surface area contributed by atoms with E-state index in [1.54, 1.807) is 0 Å². The van der Waals surface area contributed by atoms with Crippen LogP contribution in [0.5, 0.6) is 0 Å². The molecule has 1 nitrogen and oxygen atoms in total. The van der Waals surface area contributed by atoms with E-state index in [0.29, 0.717) is 0 Å². The highest BCUT2D eigenvalue weighted by molar-refractivity contribution is 5.97. The molecule has 0 aliphatic heterocycles. The molecule has 7 rings (SSSR count). The molecule has 0 spiro atoms. The molecular formula is C47H43N. The maximum absolute atomic E-state index is 5.05. The lowest BCUT2D eigenvalue weighted by molar-refractivity contribution is 0.935. The third-order valence-corrected chi connectivity index (χ3v) is 9.74. The highest BCUT2D eigenvalue weighted by Gasteiger charge is 2.23.